The third-order valence-electron chi connectivity index (χ3n) is 4.84. The number of rotatable bonds is 5. The lowest BCUT2D eigenvalue weighted by atomic mass is 9.92. The number of aliphatic carboxylic acids is 1. The van der Waals surface area contributed by atoms with Gasteiger partial charge in [0.25, 0.3) is 11.6 Å². The Morgan fingerprint density at radius 1 is 1.21 bits per heavy atom. The third-order valence-corrected chi connectivity index (χ3v) is 4.84. The molecular weight excluding hydrogens is 378 g/mol. The van der Waals surface area contributed by atoms with E-state index in [1.54, 1.807) is 12.1 Å². The van der Waals surface area contributed by atoms with Crippen molar-refractivity contribution in [1.29, 1.82) is 0 Å². The van der Waals surface area contributed by atoms with Gasteiger partial charge < -0.3 is 15.3 Å². The van der Waals surface area contributed by atoms with Gasteiger partial charge in [-0.3, -0.25) is 19.7 Å². The van der Waals surface area contributed by atoms with Crippen molar-refractivity contribution in [3.05, 3.63) is 75.3 Å². The fourth-order valence-corrected chi connectivity index (χ4v) is 3.42. The summed E-state index contributed by atoms with van der Waals surface area (Å²) < 4.78 is 0. The minimum Gasteiger partial charge on any atom is -0.479 e. The van der Waals surface area contributed by atoms with Crippen molar-refractivity contribution in [2.24, 2.45) is 0 Å². The number of fused-ring (bicyclic) bond motifs is 1. The van der Waals surface area contributed by atoms with Crippen LogP contribution in [0.3, 0.4) is 0 Å². The molecule has 2 N–H and O–H groups in total. The number of carbonyl (C=O) groups is 3. The van der Waals surface area contributed by atoms with Crippen LogP contribution in [0.15, 0.2) is 48.5 Å². The van der Waals surface area contributed by atoms with E-state index < -0.39 is 34.8 Å². The van der Waals surface area contributed by atoms with Gasteiger partial charge in [-0.05, 0) is 30.5 Å². The minimum atomic E-state index is -1.15. The van der Waals surface area contributed by atoms with E-state index in [4.69, 9.17) is 0 Å². The average molecular weight is 397 g/mol. The molecule has 0 saturated carbocycles. The zero-order chi connectivity index (χ0) is 21.1. The molecule has 0 aromatic heterocycles. The van der Waals surface area contributed by atoms with Gasteiger partial charge in [-0.2, -0.15) is 0 Å². The summed E-state index contributed by atoms with van der Waals surface area (Å²) in [6.45, 7) is 1.67. The number of carboxylic acid groups (broad SMARTS) is 1. The Morgan fingerprint density at radius 3 is 2.62 bits per heavy atom. The fourth-order valence-electron chi connectivity index (χ4n) is 3.42. The van der Waals surface area contributed by atoms with Crippen LogP contribution in [-0.2, 0) is 16.0 Å². The van der Waals surface area contributed by atoms with Gasteiger partial charge >= 0.3 is 5.97 Å². The molecule has 0 radical (unpaired) electrons. The molecule has 0 spiro atoms. The molecule has 0 saturated heterocycles. The van der Waals surface area contributed by atoms with Crippen molar-refractivity contribution in [3.8, 4) is 0 Å². The Bertz CT molecular complexity index is 990. The predicted octanol–water partition coefficient (Wildman–Crippen LogP) is 1.92. The summed E-state index contributed by atoms with van der Waals surface area (Å²) >= 11 is 0. The first-order chi connectivity index (χ1) is 13.8. The second-order valence-electron chi connectivity index (χ2n) is 6.72. The number of carbonyl (C=O) groups excluding carboxylic acids is 2. The highest BCUT2D eigenvalue weighted by Gasteiger charge is 2.37. The molecular formula is C20H19N3O6. The van der Waals surface area contributed by atoms with Crippen LogP contribution in [0, 0.1) is 10.1 Å². The van der Waals surface area contributed by atoms with E-state index in [-0.39, 0.29) is 17.8 Å². The highest BCUT2D eigenvalue weighted by atomic mass is 16.6. The number of nitrogens with one attached hydrogen (secondary N) is 1. The van der Waals surface area contributed by atoms with Gasteiger partial charge in [0.05, 0.1) is 4.92 Å². The molecule has 2 amide bonds. The van der Waals surface area contributed by atoms with Gasteiger partial charge in [0.2, 0.25) is 5.91 Å². The highest BCUT2D eigenvalue weighted by Crippen LogP contribution is 2.30. The summed E-state index contributed by atoms with van der Waals surface area (Å²) in [4.78, 5) is 48.7. The van der Waals surface area contributed by atoms with E-state index >= 15 is 0 Å². The quantitative estimate of drug-likeness (QED) is 0.586. The lowest BCUT2D eigenvalue weighted by Gasteiger charge is -2.36. The number of benzene rings is 2. The zero-order valence-corrected chi connectivity index (χ0v) is 15.6. The molecule has 29 heavy (non-hydrogen) atoms. The standard InChI is InChI=1S/C20H19N3O6/c1-12(21-18(24)14-6-4-7-15(11-14)23(28)29)19(25)22-10-9-13-5-2-3-8-16(13)17(22)20(26)27/h2-8,11-12,17H,9-10H2,1H3,(H,21,24)(H,26,27). The van der Waals surface area contributed by atoms with E-state index in [0.717, 1.165) is 11.6 Å². The number of amides is 2. The Balaban J connectivity index is 1.77. The monoisotopic (exact) mass is 397 g/mol. The van der Waals surface area contributed by atoms with Crippen LogP contribution in [-0.4, -0.2) is 45.3 Å². The summed E-state index contributed by atoms with van der Waals surface area (Å²) in [7, 11) is 0. The predicted molar refractivity (Wildman–Crippen MR) is 102 cm³/mol. The van der Waals surface area contributed by atoms with Crippen molar-refractivity contribution in [2.75, 3.05) is 6.54 Å². The first-order valence-electron chi connectivity index (χ1n) is 8.96. The Kier molecular flexibility index (Phi) is 5.58. The molecule has 2 aromatic carbocycles. The van der Waals surface area contributed by atoms with Crippen molar-refractivity contribution >= 4 is 23.5 Å². The van der Waals surface area contributed by atoms with Crippen LogP contribution < -0.4 is 5.32 Å². The van der Waals surface area contributed by atoms with E-state index in [0.29, 0.717) is 12.0 Å². The summed E-state index contributed by atoms with van der Waals surface area (Å²) in [5.41, 5.74) is 1.22. The number of nitrogens with zero attached hydrogens (tertiary/aromatic N) is 2. The number of hydrogen-bond acceptors (Lipinski definition) is 5. The Labute approximate surface area is 166 Å². The summed E-state index contributed by atoms with van der Waals surface area (Å²) in [6.07, 6.45) is 0.511. The number of hydrogen-bond donors (Lipinski definition) is 2. The molecule has 1 heterocycles. The molecule has 0 aliphatic carbocycles. The van der Waals surface area contributed by atoms with E-state index in [2.05, 4.69) is 5.32 Å². The molecule has 1 aliphatic rings. The van der Waals surface area contributed by atoms with E-state index in [1.165, 1.54) is 30.0 Å². The topological polar surface area (TPSA) is 130 Å². The molecule has 2 atom stereocenters. The first kappa shape index (κ1) is 20.0. The largest absolute Gasteiger partial charge is 0.479 e. The number of nitro groups is 1. The van der Waals surface area contributed by atoms with Gasteiger partial charge in [-0.15, -0.1) is 0 Å². The van der Waals surface area contributed by atoms with Crippen molar-refractivity contribution in [3.63, 3.8) is 0 Å². The van der Waals surface area contributed by atoms with Gasteiger partial charge in [0.15, 0.2) is 6.04 Å². The summed E-state index contributed by atoms with van der Waals surface area (Å²) in [5, 5.41) is 23.1. The highest BCUT2D eigenvalue weighted by molar-refractivity contribution is 5.98. The fraction of sp³-hybridized carbons (Fsp3) is 0.250. The maximum atomic E-state index is 12.9. The van der Waals surface area contributed by atoms with E-state index in [1.807, 2.05) is 12.1 Å². The molecule has 1 aliphatic heterocycles. The SMILES string of the molecule is CC(NC(=O)c1cccc([N+](=O)[O-])c1)C(=O)N1CCc2ccccc2C1C(=O)O. The molecule has 150 valence electrons. The van der Waals surface area contributed by atoms with Crippen molar-refractivity contribution < 1.29 is 24.4 Å². The van der Waals surface area contributed by atoms with Gasteiger partial charge in [0.1, 0.15) is 6.04 Å². The molecule has 2 unspecified atom stereocenters. The third kappa shape index (κ3) is 4.08. The first-order valence-corrected chi connectivity index (χ1v) is 8.96. The summed E-state index contributed by atoms with van der Waals surface area (Å²) in [5.74, 6) is -2.34. The van der Waals surface area contributed by atoms with Crippen molar-refractivity contribution in [2.45, 2.75) is 25.4 Å². The smallest absolute Gasteiger partial charge is 0.331 e. The van der Waals surface area contributed by atoms with Gasteiger partial charge in [-0.25, -0.2) is 4.79 Å². The van der Waals surface area contributed by atoms with Crippen LogP contribution in [0.5, 0.6) is 0 Å². The van der Waals surface area contributed by atoms with Crippen LogP contribution in [0.2, 0.25) is 0 Å². The molecule has 3 rings (SSSR count). The Morgan fingerprint density at radius 2 is 1.93 bits per heavy atom. The average Bonchev–Trinajstić information content (AvgIpc) is 2.72. The second kappa shape index (κ2) is 8.09. The number of carboxylic acids is 1. The lowest BCUT2D eigenvalue weighted by molar-refractivity contribution is -0.384. The van der Waals surface area contributed by atoms with Crippen LogP contribution in [0.1, 0.15) is 34.5 Å². The van der Waals surface area contributed by atoms with Gasteiger partial charge in [-0.1, -0.05) is 30.3 Å². The lowest BCUT2D eigenvalue weighted by Crippen LogP contribution is -2.51. The molecule has 9 nitrogen and oxygen atoms in total. The van der Waals surface area contributed by atoms with Crippen LogP contribution in [0.4, 0.5) is 5.69 Å². The molecule has 0 bridgehead atoms. The number of nitro benzene ring substituents is 1. The number of non-ortho nitro benzene ring substituents is 1. The second-order valence-corrected chi connectivity index (χ2v) is 6.72. The summed E-state index contributed by atoms with van der Waals surface area (Å²) in [6, 6.07) is 10.1. The van der Waals surface area contributed by atoms with E-state index in [9.17, 15) is 29.6 Å². The van der Waals surface area contributed by atoms with Crippen LogP contribution in [0.25, 0.3) is 0 Å². The van der Waals surface area contributed by atoms with Crippen molar-refractivity contribution in [1.82, 2.24) is 10.2 Å². The zero-order valence-electron chi connectivity index (χ0n) is 15.6. The Hall–Kier alpha value is -3.75. The normalized spacial score (nSPS) is 16.4. The molecule has 0 fully saturated rings. The maximum absolute atomic E-state index is 12.9. The molecule has 2 aromatic rings. The minimum absolute atomic E-state index is 0.0395. The van der Waals surface area contributed by atoms with Gasteiger partial charge in [0, 0.05) is 24.2 Å². The van der Waals surface area contributed by atoms with Crippen LogP contribution >= 0.6 is 0 Å². The molecule has 9 heteroatoms. The maximum Gasteiger partial charge on any atom is 0.331 e.